The minimum absolute atomic E-state index is 0.132. The van der Waals surface area contributed by atoms with Gasteiger partial charge in [0.25, 0.3) is 5.91 Å². The van der Waals surface area contributed by atoms with Gasteiger partial charge < -0.3 is 28.7 Å². The summed E-state index contributed by atoms with van der Waals surface area (Å²) in [7, 11) is 3.16. The zero-order chi connectivity index (χ0) is 23.0. The molecule has 168 valence electrons. The molecule has 0 bridgehead atoms. The van der Waals surface area contributed by atoms with E-state index in [2.05, 4.69) is 10.3 Å². The van der Waals surface area contributed by atoms with E-state index in [1.165, 1.54) is 0 Å². The van der Waals surface area contributed by atoms with Gasteiger partial charge in [0.15, 0.2) is 17.3 Å². The van der Waals surface area contributed by atoms with Crippen molar-refractivity contribution < 1.29 is 28.2 Å². The number of anilines is 1. The Labute approximate surface area is 190 Å². The number of methoxy groups -OCH3 is 2. The number of ether oxygens (including phenoxy) is 4. The number of carbonyl (C=O) groups is 1. The lowest BCUT2D eigenvalue weighted by Crippen LogP contribution is -2.12. The molecule has 1 amide bonds. The first-order valence-electron chi connectivity index (χ1n) is 10.1. The maximum atomic E-state index is 12.7. The number of pyridine rings is 1. The highest BCUT2D eigenvalue weighted by atomic mass is 16.5. The Morgan fingerprint density at radius 2 is 1.64 bits per heavy atom. The molecular weight excluding hydrogens is 424 g/mol. The van der Waals surface area contributed by atoms with Crippen LogP contribution in [-0.4, -0.2) is 25.1 Å². The second kappa shape index (κ2) is 10.2. The number of nitrogens with zero attached hydrogens (tertiary/aromatic N) is 1. The van der Waals surface area contributed by atoms with Crippen molar-refractivity contribution in [2.24, 2.45) is 0 Å². The minimum Gasteiger partial charge on any atom is -0.497 e. The highest BCUT2D eigenvalue weighted by Crippen LogP contribution is 2.29. The van der Waals surface area contributed by atoms with Gasteiger partial charge in [-0.05, 0) is 60.7 Å². The van der Waals surface area contributed by atoms with Gasteiger partial charge in [0.05, 0.1) is 14.2 Å². The molecule has 4 rings (SSSR count). The average molecular weight is 446 g/mol. The second-order valence-electron chi connectivity index (χ2n) is 6.79. The molecule has 0 saturated carbocycles. The first kappa shape index (κ1) is 21.8. The lowest BCUT2D eigenvalue weighted by Gasteiger charge is -2.11. The predicted octanol–water partition coefficient (Wildman–Crippen LogP) is 5.32. The van der Waals surface area contributed by atoms with Crippen LogP contribution < -0.4 is 24.3 Å². The predicted molar refractivity (Wildman–Crippen MR) is 121 cm³/mol. The Morgan fingerprint density at radius 1 is 0.879 bits per heavy atom. The number of aromatic nitrogens is 1. The summed E-state index contributed by atoms with van der Waals surface area (Å²) in [6.45, 7) is 0.145. The molecule has 33 heavy (non-hydrogen) atoms. The maximum absolute atomic E-state index is 12.7. The van der Waals surface area contributed by atoms with Crippen molar-refractivity contribution in [1.82, 2.24) is 4.98 Å². The van der Waals surface area contributed by atoms with E-state index in [-0.39, 0.29) is 18.2 Å². The van der Waals surface area contributed by atoms with Crippen molar-refractivity contribution in [3.8, 4) is 28.9 Å². The van der Waals surface area contributed by atoms with Crippen molar-refractivity contribution in [3.05, 3.63) is 90.5 Å². The third-order valence-corrected chi connectivity index (χ3v) is 4.62. The number of para-hydroxylation sites is 2. The zero-order valence-electron chi connectivity index (χ0n) is 18.1. The minimum atomic E-state index is -0.439. The molecule has 0 radical (unpaired) electrons. The molecule has 0 aliphatic heterocycles. The van der Waals surface area contributed by atoms with Crippen LogP contribution in [0.1, 0.15) is 16.3 Å². The lowest BCUT2D eigenvalue weighted by molar-refractivity contribution is 0.0992. The van der Waals surface area contributed by atoms with E-state index in [0.29, 0.717) is 34.4 Å². The van der Waals surface area contributed by atoms with Crippen LogP contribution in [0.4, 0.5) is 5.69 Å². The number of hydrogen-bond donors (Lipinski definition) is 1. The molecule has 2 heterocycles. The average Bonchev–Trinajstić information content (AvgIpc) is 3.34. The molecule has 4 aromatic rings. The molecule has 0 saturated heterocycles. The molecule has 8 nitrogen and oxygen atoms in total. The highest BCUT2D eigenvalue weighted by molar-refractivity contribution is 6.02. The van der Waals surface area contributed by atoms with Crippen molar-refractivity contribution in [3.63, 3.8) is 0 Å². The number of benzene rings is 2. The van der Waals surface area contributed by atoms with E-state index >= 15 is 0 Å². The molecule has 0 aliphatic rings. The molecule has 2 aromatic heterocycles. The van der Waals surface area contributed by atoms with E-state index in [1.54, 1.807) is 81.1 Å². The van der Waals surface area contributed by atoms with Crippen LogP contribution in [0.15, 0.2) is 83.4 Å². The van der Waals surface area contributed by atoms with Gasteiger partial charge in [-0.1, -0.05) is 12.1 Å². The van der Waals surface area contributed by atoms with Crippen LogP contribution >= 0.6 is 0 Å². The van der Waals surface area contributed by atoms with Gasteiger partial charge >= 0.3 is 0 Å². The summed E-state index contributed by atoms with van der Waals surface area (Å²) in [6.07, 6.45) is 1.58. The molecule has 0 spiro atoms. The summed E-state index contributed by atoms with van der Waals surface area (Å²) in [4.78, 5) is 16.9. The van der Waals surface area contributed by atoms with Gasteiger partial charge in [0.1, 0.15) is 29.6 Å². The molecule has 0 atom stereocenters. The number of amides is 1. The van der Waals surface area contributed by atoms with Crippen molar-refractivity contribution in [2.75, 3.05) is 19.5 Å². The smallest absolute Gasteiger partial charge is 0.291 e. The van der Waals surface area contributed by atoms with E-state index in [1.807, 2.05) is 12.1 Å². The Morgan fingerprint density at radius 3 is 2.39 bits per heavy atom. The highest BCUT2D eigenvalue weighted by Gasteiger charge is 2.16. The third kappa shape index (κ3) is 5.43. The summed E-state index contributed by atoms with van der Waals surface area (Å²) < 4.78 is 27.6. The number of hydrogen-bond acceptors (Lipinski definition) is 7. The monoisotopic (exact) mass is 446 g/mol. The van der Waals surface area contributed by atoms with Crippen LogP contribution in [0.2, 0.25) is 0 Å². The first-order chi connectivity index (χ1) is 16.2. The van der Waals surface area contributed by atoms with Crippen LogP contribution in [0.25, 0.3) is 0 Å². The van der Waals surface area contributed by atoms with Gasteiger partial charge in [-0.15, -0.1) is 0 Å². The Bertz CT molecular complexity index is 1220. The van der Waals surface area contributed by atoms with Gasteiger partial charge in [-0.3, -0.25) is 4.79 Å². The normalized spacial score (nSPS) is 10.4. The fraction of sp³-hybridized carbons (Fsp3) is 0.120. The van der Waals surface area contributed by atoms with Crippen molar-refractivity contribution in [2.45, 2.75) is 6.61 Å². The number of rotatable bonds is 9. The molecule has 0 fully saturated rings. The molecule has 8 heteroatoms. The zero-order valence-corrected chi connectivity index (χ0v) is 18.1. The van der Waals surface area contributed by atoms with Crippen LogP contribution in [0, 0.1) is 0 Å². The number of furan rings is 1. The topological polar surface area (TPSA) is 92.1 Å². The standard InChI is InChI=1S/C25H22N2O6/c1-29-17-9-11-18(12-10-17)33-25-20(6-5-15-26-25)27-24(28)23-14-13-19(32-23)16-31-22-8-4-3-7-21(22)30-2/h3-15H,16H2,1-2H3,(H,27,28). The number of carbonyl (C=O) groups excluding carboxylic acids is 1. The Kier molecular flexibility index (Phi) is 6.75. The maximum Gasteiger partial charge on any atom is 0.291 e. The van der Waals surface area contributed by atoms with E-state index < -0.39 is 5.91 Å². The summed E-state index contributed by atoms with van der Waals surface area (Å²) in [5.41, 5.74) is 0.404. The number of nitrogens with one attached hydrogen (secondary N) is 1. The summed E-state index contributed by atoms with van der Waals surface area (Å²) >= 11 is 0. The molecule has 0 aliphatic carbocycles. The van der Waals surface area contributed by atoms with Gasteiger partial charge in [-0.2, -0.15) is 0 Å². The Balaban J connectivity index is 1.41. The summed E-state index contributed by atoms with van der Waals surface area (Å²) in [6, 6.07) is 21.0. The quantitative estimate of drug-likeness (QED) is 0.372. The van der Waals surface area contributed by atoms with E-state index in [9.17, 15) is 4.79 Å². The van der Waals surface area contributed by atoms with Gasteiger partial charge in [0.2, 0.25) is 5.88 Å². The molecule has 0 unspecified atom stereocenters. The van der Waals surface area contributed by atoms with E-state index in [4.69, 9.17) is 23.4 Å². The Hall–Kier alpha value is -4.46. The lowest BCUT2D eigenvalue weighted by atomic mass is 10.3. The van der Waals surface area contributed by atoms with Crippen LogP contribution in [0.3, 0.4) is 0 Å². The molecule has 2 aromatic carbocycles. The molecular formula is C25H22N2O6. The fourth-order valence-corrected chi connectivity index (χ4v) is 2.97. The van der Waals surface area contributed by atoms with Gasteiger partial charge in [0, 0.05) is 6.20 Å². The van der Waals surface area contributed by atoms with Crippen LogP contribution in [-0.2, 0) is 6.61 Å². The third-order valence-electron chi connectivity index (χ3n) is 4.62. The summed E-state index contributed by atoms with van der Waals surface area (Å²) in [5.74, 6) is 2.90. The van der Waals surface area contributed by atoms with E-state index in [0.717, 1.165) is 0 Å². The molecule has 1 N–H and O–H groups in total. The summed E-state index contributed by atoms with van der Waals surface area (Å²) in [5, 5.41) is 2.77. The van der Waals surface area contributed by atoms with Crippen LogP contribution in [0.5, 0.6) is 28.9 Å². The fourth-order valence-electron chi connectivity index (χ4n) is 2.97. The first-order valence-corrected chi connectivity index (χ1v) is 10.1. The van der Waals surface area contributed by atoms with Crippen molar-refractivity contribution in [1.29, 1.82) is 0 Å². The largest absolute Gasteiger partial charge is 0.497 e. The second-order valence-corrected chi connectivity index (χ2v) is 6.79. The van der Waals surface area contributed by atoms with Gasteiger partial charge in [-0.25, -0.2) is 4.98 Å². The van der Waals surface area contributed by atoms with Crippen molar-refractivity contribution >= 4 is 11.6 Å². The SMILES string of the molecule is COc1ccc(Oc2ncccc2NC(=O)c2ccc(COc3ccccc3OC)o2)cc1.